The number of nitrogens with zero attached hydrogens (tertiary/aromatic N) is 1. The van der Waals surface area contributed by atoms with E-state index in [0.717, 1.165) is 18.2 Å². The molecule has 0 bridgehead atoms. The second-order valence-electron chi connectivity index (χ2n) is 4.89. The van der Waals surface area contributed by atoms with E-state index in [-0.39, 0.29) is 0 Å². The van der Waals surface area contributed by atoms with Crippen LogP contribution in [0.4, 0.5) is 0 Å². The molecule has 0 radical (unpaired) electrons. The van der Waals surface area contributed by atoms with Crippen molar-refractivity contribution in [3.63, 3.8) is 0 Å². The lowest BCUT2D eigenvalue weighted by molar-refractivity contribution is -0.131. The Bertz CT molecular complexity index is 492. The Morgan fingerprint density at radius 1 is 1.53 bits per heavy atom. The van der Waals surface area contributed by atoms with Crippen LogP contribution in [-0.4, -0.2) is 36.2 Å². The first-order valence-electron chi connectivity index (χ1n) is 6.38. The highest BCUT2D eigenvalue weighted by atomic mass is 16.5. The molecule has 0 atom stereocenters. The minimum Gasteiger partial charge on any atom is -0.496 e. The molecule has 19 heavy (non-hydrogen) atoms. The van der Waals surface area contributed by atoms with Crippen molar-refractivity contribution in [2.45, 2.75) is 25.4 Å². The number of carboxylic acid groups (broad SMARTS) is 1. The summed E-state index contributed by atoms with van der Waals surface area (Å²) < 4.78 is 5.24. The van der Waals surface area contributed by atoms with Crippen LogP contribution in [0, 0.1) is 0 Å². The normalized spacial score (nSPS) is 15.1. The SMILES string of the molecule is COc1ccc(CN(C)C2CC2)cc1C=CC(=O)O. The van der Waals surface area contributed by atoms with E-state index >= 15 is 0 Å². The van der Waals surface area contributed by atoms with Crippen LogP contribution in [0.5, 0.6) is 5.75 Å². The molecule has 0 amide bonds. The number of methoxy groups -OCH3 is 1. The smallest absolute Gasteiger partial charge is 0.328 e. The van der Waals surface area contributed by atoms with Crippen molar-refractivity contribution in [1.82, 2.24) is 4.90 Å². The van der Waals surface area contributed by atoms with Crippen molar-refractivity contribution in [1.29, 1.82) is 0 Å². The van der Waals surface area contributed by atoms with Gasteiger partial charge in [0, 0.05) is 24.2 Å². The Labute approximate surface area is 113 Å². The summed E-state index contributed by atoms with van der Waals surface area (Å²) in [5.74, 6) is -0.266. The summed E-state index contributed by atoms with van der Waals surface area (Å²) in [6.07, 6.45) is 5.25. The quantitative estimate of drug-likeness (QED) is 0.799. The molecule has 102 valence electrons. The molecule has 0 heterocycles. The number of carboxylic acids is 1. The van der Waals surface area contributed by atoms with E-state index in [0.29, 0.717) is 11.8 Å². The standard InChI is InChI=1S/C15H19NO3/c1-16(13-5-6-13)10-11-3-7-14(19-2)12(9-11)4-8-15(17)18/h3-4,7-9,13H,5-6,10H2,1-2H3,(H,17,18). The van der Waals surface area contributed by atoms with Crippen LogP contribution in [0.15, 0.2) is 24.3 Å². The van der Waals surface area contributed by atoms with Crippen LogP contribution in [0.1, 0.15) is 24.0 Å². The molecule has 0 saturated heterocycles. The summed E-state index contributed by atoms with van der Waals surface area (Å²) in [4.78, 5) is 12.9. The molecular formula is C15H19NO3. The Hall–Kier alpha value is -1.81. The first-order chi connectivity index (χ1) is 9.10. The van der Waals surface area contributed by atoms with Gasteiger partial charge in [0.25, 0.3) is 0 Å². The molecule has 0 spiro atoms. The van der Waals surface area contributed by atoms with Gasteiger partial charge in [-0.05, 0) is 43.7 Å². The summed E-state index contributed by atoms with van der Waals surface area (Å²) in [5.41, 5.74) is 1.96. The number of ether oxygens (including phenoxy) is 1. The topological polar surface area (TPSA) is 49.8 Å². The highest BCUT2D eigenvalue weighted by Gasteiger charge is 2.25. The van der Waals surface area contributed by atoms with E-state index in [1.54, 1.807) is 13.2 Å². The summed E-state index contributed by atoms with van der Waals surface area (Å²) in [6, 6.07) is 6.60. The largest absolute Gasteiger partial charge is 0.496 e. The van der Waals surface area contributed by atoms with Gasteiger partial charge in [-0.3, -0.25) is 4.90 Å². The fourth-order valence-electron chi connectivity index (χ4n) is 2.11. The number of hydrogen-bond acceptors (Lipinski definition) is 3. The fraction of sp³-hybridized carbons (Fsp3) is 0.400. The summed E-state index contributed by atoms with van der Waals surface area (Å²) >= 11 is 0. The maximum atomic E-state index is 10.6. The molecule has 1 N–H and O–H groups in total. The van der Waals surface area contributed by atoms with Crippen LogP contribution in [-0.2, 0) is 11.3 Å². The average Bonchev–Trinajstić information content (AvgIpc) is 3.20. The van der Waals surface area contributed by atoms with Crippen LogP contribution >= 0.6 is 0 Å². The summed E-state index contributed by atoms with van der Waals surface area (Å²) in [7, 11) is 3.71. The number of hydrogen-bond donors (Lipinski definition) is 1. The number of aliphatic carboxylic acids is 1. The first-order valence-corrected chi connectivity index (χ1v) is 6.38. The monoisotopic (exact) mass is 261 g/mol. The predicted octanol–water partition coefficient (Wildman–Crippen LogP) is 2.39. The molecule has 0 aliphatic heterocycles. The molecule has 2 rings (SSSR count). The maximum Gasteiger partial charge on any atom is 0.328 e. The Balaban J connectivity index is 2.16. The third-order valence-corrected chi connectivity index (χ3v) is 3.30. The lowest BCUT2D eigenvalue weighted by atomic mass is 10.1. The van der Waals surface area contributed by atoms with Crippen LogP contribution in [0.25, 0.3) is 6.08 Å². The molecule has 0 unspecified atom stereocenters. The molecule has 0 aromatic heterocycles. The predicted molar refractivity (Wildman–Crippen MR) is 74.2 cm³/mol. The third-order valence-electron chi connectivity index (χ3n) is 3.30. The van der Waals surface area contributed by atoms with Gasteiger partial charge in [0.2, 0.25) is 0 Å². The van der Waals surface area contributed by atoms with Gasteiger partial charge in [0.1, 0.15) is 5.75 Å². The maximum absolute atomic E-state index is 10.6. The lowest BCUT2D eigenvalue weighted by Crippen LogP contribution is -2.19. The van der Waals surface area contributed by atoms with Crippen molar-refractivity contribution in [2.24, 2.45) is 0 Å². The van der Waals surface area contributed by atoms with Crippen molar-refractivity contribution in [2.75, 3.05) is 14.2 Å². The van der Waals surface area contributed by atoms with Gasteiger partial charge in [-0.1, -0.05) is 6.07 Å². The lowest BCUT2D eigenvalue weighted by Gasteiger charge is -2.16. The average molecular weight is 261 g/mol. The molecular weight excluding hydrogens is 242 g/mol. The van der Waals surface area contributed by atoms with Crippen molar-refractivity contribution in [3.05, 3.63) is 35.4 Å². The highest BCUT2D eigenvalue weighted by molar-refractivity contribution is 5.85. The summed E-state index contributed by atoms with van der Waals surface area (Å²) in [5, 5.41) is 8.70. The van der Waals surface area contributed by atoms with Crippen molar-refractivity contribution >= 4 is 12.0 Å². The Kier molecular flexibility index (Phi) is 4.22. The van der Waals surface area contributed by atoms with Gasteiger partial charge in [0.15, 0.2) is 0 Å². The van der Waals surface area contributed by atoms with E-state index in [2.05, 4.69) is 11.9 Å². The van der Waals surface area contributed by atoms with Crippen LogP contribution in [0.2, 0.25) is 0 Å². The molecule has 4 heteroatoms. The second-order valence-corrected chi connectivity index (χ2v) is 4.89. The molecule has 1 aliphatic carbocycles. The van der Waals surface area contributed by atoms with Gasteiger partial charge in [0.05, 0.1) is 7.11 Å². The van der Waals surface area contributed by atoms with E-state index in [1.165, 1.54) is 18.4 Å². The minimum atomic E-state index is -0.956. The minimum absolute atomic E-state index is 0.690. The Morgan fingerprint density at radius 2 is 2.26 bits per heavy atom. The van der Waals surface area contributed by atoms with Gasteiger partial charge in [-0.2, -0.15) is 0 Å². The fourth-order valence-corrected chi connectivity index (χ4v) is 2.11. The summed E-state index contributed by atoms with van der Waals surface area (Å²) in [6.45, 7) is 0.878. The third kappa shape index (κ3) is 3.83. The van der Waals surface area contributed by atoms with E-state index in [1.807, 2.05) is 18.2 Å². The number of rotatable bonds is 6. The van der Waals surface area contributed by atoms with Gasteiger partial charge >= 0.3 is 5.97 Å². The van der Waals surface area contributed by atoms with Crippen LogP contribution in [0.3, 0.4) is 0 Å². The van der Waals surface area contributed by atoms with E-state index in [9.17, 15) is 4.79 Å². The van der Waals surface area contributed by atoms with E-state index < -0.39 is 5.97 Å². The molecule has 1 aromatic carbocycles. The zero-order valence-electron chi connectivity index (χ0n) is 11.3. The van der Waals surface area contributed by atoms with Gasteiger partial charge in [-0.25, -0.2) is 4.79 Å². The number of benzene rings is 1. The molecule has 1 saturated carbocycles. The second kappa shape index (κ2) is 5.89. The van der Waals surface area contributed by atoms with Crippen LogP contribution < -0.4 is 4.74 Å². The van der Waals surface area contributed by atoms with Gasteiger partial charge < -0.3 is 9.84 Å². The van der Waals surface area contributed by atoms with Crippen molar-refractivity contribution in [3.8, 4) is 5.75 Å². The molecule has 4 nitrogen and oxygen atoms in total. The molecule has 1 aromatic rings. The zero-order chi connectivity index (χ0) is 13.8. The van der Waals surface area contributed by atoms with E-state index in [4.69, 9.17) is 9.84 Å². The highest BCUT2D eigenvalue weighted by Crippen LogP contribution is 2.28. The molecule has 1 fully saturated rings. The van der Waals surface area contributed by atoms with Gasteiger partial charge in [-0.15, -0.1) is 0 Å². The molecule has 1 aliphatic rings. The Morgan fingerprint density at radius 3 is 2.84 bits per heavy atom. The zero-order valence-corrected chi connectivity index (χ0v) is 11.3. The van der Waals surface area contributed by atoms with Crippen molar-refractivity contribution < 1.29 is 14.6 Å². The first kappa shape index (κ1) is 13.6. The number of carbonyl (C=O) groups is 1.